The Morgan fingerprint density at radius 3 is 2.36 bits per heavy atom. The minimum absolute atomic E-state index is 0.272. The van der Waals surface area contributed by atoms with E-state index in [1.54, 1.807) is 5.32 Å². The molecule has 1 aromatic rings. The molecule has 0 radical (unpaired) electrons. The van der Waals surface area contributed by atoms with E-state index >= 15 is 0 Å². The number of para-hydroxylation sites is 1. The minimum Gasteiger partial charge on any atom is -0.434 e. The van der Waals surface area contributed by atoms with Crippen molar-refractivity contribution in [1.29, 1.82) is 0 Å². The summed E-state index contributed by atoms with van der Waals surface area (Å²) >= 11 is 0. The zero-order valence-electron chi connectivity index (χ0n) is 10.9. The van der Waals surface area contributed by atoms with Gasteiger partial charge in [0.25, 0.3) is 5.91 Å². The fourth-order valence-electron chi connectivity index (χ4n) is 1.37. The van der Waals surface area contributed by atoms with Gasteiger partial charge >= 0.3 is 12.8 Å². The van der Waals surface area contributed by atoms with E-state index in [-0.39, 0.29) is 5.56 Å². The van der Waals surface area contributed by atoms with E-state index in [1.807, 2.05) is 5.32 Å². The van der Waals surface area contributed by atoms with Gasteiger partial charge in [0, 0.05) is 0 Å². The van der Waals surface area contributed by atoms with E-state index in [9.17, 15) is 31.5 Å². The molecule has 122 valence electrons. The Hall–Kier alpha value is -2.39. The molecule has 0 heterocycles. The molecular formula is C12H11F5N2O3. The van der Waals surface area contributed by atoms with E-state index in [1.165, 1.54) is 18.2 Å². The fourth-order valence-corrected chi connectivity index (χ4v) is 1.37. The van der Waals surface area contributed by atoms with Gasteiger partial charge in [0.1, 0.15) is 12.3 Å². The van der Waals surface area contributed by atoms with Crippen LogP contribution in [-0.2, 0) is 4.79 Å². The zero-order chi connectivity index (χ0) is 16.8. The number of alkyl halides is 5. The first-order chi connectivity index (χ1) is 10.2. The van der Waals surface area contributed by atoms with Crippen LogP contribution in [0.1, 0.15) is 10.4 Å². The van der Waals surface area contributed by atoms with E-state index in [0.29, 0.717) is 0 Å². The van der Waals surface area contributed by atoms with Gasteiger partial charge in [0.2, 0.25) is 5.91 Å². The summed E-state index contributed by atoms with van der Waals surface area (Å²) < 4.78 is 64.0. The van der Waals surface area contributed by atoms with Crippen LogP contribution < -0.4 is 15.4 Å². The van der Waals surface area contributed by atoms with Crippen LogP contribution in [0.3, 0.4) is 0 Å². The van der Waals surface area contributed by atoms with Crippen LogP contribution in [0.4, 0.5) is 22.0 Å². The van der Waals surface area contributed by atoms with Crippen LogP contribution in [0, 0.1) is 0 Å². The third-order valence-electron chi connectivity index (χ3n) is 2.24. The Kier molecular flexibility index (Phi) is 6.08. The average molecular weight is 326 g/mol. The zero-order valence-corrected chi connectivity index (χ0v) is 10.9. The van der Waals surface area contributed by atoms with Crippen LogP contribution in [-0.4, -0.2) is 37.7 Å². The van der Waals surface area contributed by atoms with Gasteiger partial charge < -0.3 is 15.4 Å². The van der Waals surface area contributed by atoms with Gasteiger partial charge in [-0.1, -0.05) is 12.1 Å². The van der Waals surface area contributed by atoms with Gasteiger partial charge in [-0.3, -0.25) is 9.59 Å². The molecule has 0 bridgehead atoms. The molecule has 0 saturated heterocycles. The first-order valence-electron chi connectivity index (χ1n) is 5.84. The summed E-state index contributed by atoms with van der Waals surface area (Å²) in [6.45, 7) is -5.42. The Bertz CT molecular complexity index is 534. The molecule has 2 amide bonds. The van der Waals surface area contributed by atoms with Crippen molar-refractivity contribution in [3.63, 3.8) is 0 Å². The number of rotatable bonds is 6. The molecular weight excluding hydrogens is 315 g/mol. The summed E-state index contributed by atoms with van der Waals surface area (Å²) in [4.78, 5) is 22.8. The largest absolute Gasteiger partial charge is 0.434 e. The topological polar surface area (TPSA) is 67.4 Å². The number of amides is 2. The standard InChI is InChI=1S/C12H11F5N2O3/c13-11(14)22-8-4-2-1-3-7(8)10(21)18-5-9(20)19-6-12(15,16)17/h1-4,11H,5-6H2,(H,18,21)(H,19,20). The lowest BCUT2D eigenvalue weighted by atomic mass is 10.2. The lowest BCUT2D eigenvalue weighted by Gasteiger charge is -2.11. The smallest absolute Gasteiger partial charge is 0.405 e. The van der Waals surface area contributed by atoms with Crippen molar-refractivity contribution in [3.05, 3.63) is 29.8 Å². The first kappa shape index (κ1) is 17.7. The molecule has 1 rings (SSSR count). The third kappa shape index (κ3) is 6.37. The van der Waals surface area contributed by atoms with Gasteiger partial charge in [-0.25, -0.2) is 0 Å². The molecule has 0 aliphatic heterocycles. The van der Waals surface area contributed by atoms with Crippen molar-refractivity contribution in [2.45, 2.75) is 12.8 Å². The summed E-state index contributed by atoms with van der Waals surface area (Å²) in [5, 5.41) is 3.55. The molecule has 0 unspecified atom stereocenters. The second-order valence-corrected chi connectivity index (χ2v) is 3.95. The molecule has 10 heteroatoms. The molecule has 2 N–H and O–H groups in total. The number of benzene rings is 1. The molecule has 0 aliphatic rings. The van der Waals surface area contributed by atoms with E-state index in [0.717, 1.165) is 6.07 Å². The third-order valence-corrected chi connectivity index (χ3v) is 2.24. The number of hydrogen-bond acceptors (Lipinski definition) is 3. The van der Waals surface area contributed by atoms with Crippen molar-refractivity contribution < 1.29 is 36.3 Å². The molecule has 22 heavy (non-hydrogen) atoms. The SMILES string of the molecule is O=C(CNC(=O)c1ccccc1OC(F)F)NCC(F)(F)F. The van der Waals surface area contributed by atoms with Gasteiger partial charge in [0.05, 0.1) is 12.1 Å². The second-order valence-electron chi connectivity index (χ2n) is 3.95. The number of nitrogens with one attached hydrogen (secondary N) is 2. The predicted molar refractivity (Wildman–Crippen MR) is 64.5 cm³/mol. The number of halogens is 5. The number of ether oxygens (including phenoxy) is 1. The summed E-state index contributed by atoms with van der Waals surface area (Å²) in [5.41, 5.74) is -0.272. The fraction of sp³-hybridized carbons (Fsp3) is 0.333. The summed E-state index contributed by atoms with van der Waals surface area (Å²) in [7, 11) is 0. The van der Waals surface area contributed by atoms with Crippen LogP contribution in [0.25, 0.3) is 0 Å². The molecule has 0 saturated carbocycles. The average Bonchev–Trinajstić information content (AvgIpc) is 2.41. The highest BCUT2D eigenvalue weighted by Crippen LogP contribution is 2.19. The van der Waals surface area contributed by atoms with Gasteiger partial charge in [-0.2, -0.15) is 22.0 Å². The minimum atomic E-state index is -4.57. The molecule has 1 aromatic carbocycles. The molecule has 0 fully saturated rings. The highest BCUT2D eigenvalue weighted by Gasteiger charge is 2.27. The van der Waals surface area contributed by atoms with Crippen molar-refractivity contribution in [2.75, 3.05) is 13.1 Å². The van der Waals surface area contributed by atoms with Crippen molar-refractivity contribution >= 4 is 11.8 Å². The van der Waals surface area contributed by atoms with Crippen LogP contribution in [0.5, 0.6) is 5.75 Å². The molecule has 0 aliphatic carbocycles. The normalized spacial score (nSPS) is 11.2. The Balaban J connectivity index is 2.57. The lowest BCUT2D eigenvalue weighted by Crippen LogP contribution is -2.41. The number of carbonyl (C=O) groups is 2. The Morgan fingerprint density at radius 1 is 1.14 bits per heavy atom. The summed E-state index contributed by atoms with van der Waals surface area (Å²) in [5.74, 6) is -2.41. The quantitative estimate of drug-likeness (QED) is 0.782. The monoisotopic (exact) mass is 326 g/mol. The van der Waals surface area contributed by atoms with Gasteiger partial charge in [0.15, 0.2) is 0 Å². The second kappa shape index (κ2) is 7.57. The van der Waals surface area contributed by atoms with Crippen molar-refractivity contribution in [1.82, 2.24) is 10.6 Å². The number of carbonyl (C=O) groups excluding carboxylic acids is 2. The van der Waals surface area contributed by atoms with Crippen molar-refractivity contribution in [3.8, 4) is 5.75 Å². The number of hydrogen-bond donors (Lipinski definition) is 2. The predicted octanol–water partition coefficient (Wildman–Crippen LogP) is 1.70. The maximum Gasteiger partial charge on any atom is 0.405 e. The van der Waals surface area contributed by atoms with E-state index in [4.69, 9.17) is 0 Å². The molecule has 0 atom stereocenters. The molecule has 0 aromatic heterocycles. The molecule has 0 spiro atoms. The van der Waals surface area contributed by atoms with E-state index < -0.39 is 43.4 Å². The van der Waals surface area contributed by atoms with E-state index in [2.05, 4.69) is 4.74 Å². The highest BCUT2D eigenvalue weighted by molar-refractivity contribution is 5.98. The van der Waals surface area contributed by atoms with Crippen molar-refractivity contribution in [2.24, 2.45) is 0 Å². The van der Waals surface area contributed by atoms with Crippen LogP contribution >= 0.6 is 0 Å². The summed E-state index contributed by atoms with van der Waals surface area (Å²) in [6.07, 6.45) is -4.57. The first-order valence-corrected chi connectivity index (χ1v) is 5.84. The van der Waals surface area contributed by atoms with Gasteiger partial charge in [-0.05, 0) is 12.1 Å². The maximum atomic E-state index is 12.2. The van der Waals surface area contributed by atoms with Crippen LogP contribution in [0.15, 0.2) is 24.3 Å². The highest BCUT2D eigenvalue weighted by atomic mass is 19.4. The lowest BCUT2D eigenvalue weighted by molar-refractivity contribution is -0.137. The maximum absolute atomic E-state index is 12.2. The van der Waals surface area contributed by atoms with Gasteiger partial charge in [-0.15, -0.1) is 0 Å². The Labute approximate surface area is 121 Å². The molecule has 5 nitrogen and oxygen atoms in total. The Morgan fingerprint density at radius 2 is 1.77 bits per heavy atom. The van der Waals surface area contributed by atoms with Crippen LogP contribution in [0.2, 0.25) is 0 Å². The summed E-state index contributed by atoms with van der Waals surface area (Å²) in [6, 6.07) is 5.01.